The second-order valence-corrected chi connectivity index (χ2v) is 9.32. The first kappa shape index (κ1) is 15.0. The van der Waals surface area contributed by atoms with Crippen LogP contribution in [0, 0.1) is 5.41 Å². The smallest absolute Gasteiger partial charge is 0.269 e. The second kappa shape index (κ2) is 5.18. The lowest BCUT2D eigenvalue weighted by atomic mass is 10.1. The number of alkyl halides is 2. The molecule has 2 amide bonds. The predicted octanol–water partition coefficient (Wildman–Crippen LogP) is 3.11. The predicted molar refractivity (Wildman–Crippen MR) is 83.1 cm³/mol. The first-order valence-corrected chi connectivity index (χ1v) is 7.88. The third-order valence-corrected chi connectivity index (χ3v) is 5.99. The van der Waals surface area contributed by atoms with Gasteiger partial charge in [0.15, 0.2) is 0 Å². The van der Waals surface area contributed by atoms with Crippen molar-refractivity contribution in [3.8, 4) is 0 Å². The Balaban J connectivity index is 1.91. The number of carbonyl (C=O) groups is 2. The van der Waals surface area contributed by atoms with Crippen LogP contribution in [0.15, 0.2) is 28.7 Å². The van der Waals surface area contributed by atoms with Gasteiger partial charge in [0.1, 0.15) is 0 Å². The Labute approximate surface area is 136 Å². The average molecular weight is 455 g/mol. The van der Waals surface area contributed by atoms with Crippen molar-refractivity contribution in [3.05, 3.63) is 34.3 Å². The first-order valence-electron chi connectivity index (χ1n) is 5.50. The molecule has 1 aliphatic rings. The van der Waals surface area contributed by atoms with Gasteiger partial charge in [0.05, 0.1) is 8.65 Å². The minimum Gasteiger partial charge on any atom is -0.273 e. The zero-order valence-corrected chi connectivity index (χ0v) is 14.7. The number of hydrogen-bond donors (Lipinski definition) is 2. The maximum atomic E-state index is 11.9. The summed E-state index contributed by atoms with van der Waals surface area (Å²) in [6, 6.07) is 6.87. The van der Waals surface area contributed by atoms with Crippen molar-refractivity contribution in [2.45, 2.75) is 16.6 Å². The van der Waals surface area contributed by atoms with Crippen molar-refractivity contribution in [3.63, 3.8) is 0 Å². The lowest BCUT2D eigenvalue weighted by Gasteiger charge is -2.13. The molecule has 2 rings (SSSR count). The van der Waals surface area contributed by atoms with Crippen molar-refractivity contribution >= 4 is 59.6 Å². The molecule has 19 heavy (non-hydrogen) atoms. The van der Waals surface area contributed by atoms with Crippen LogP contribution in [-0.2, 0) is 4.79 Å². The third kappa shape index (κ3) is 3.03. The molecule has 2 N–H and O–H groups in total. The number of hydrazine groups is 1. The summed E-state index contributed by atoms with van der Waals surface area (Å²) >= 11 is 10.1. The van der Waals surface area contributed by atoms with Crippen molar-refractivity contribution in [1.29, 1.82) is 0 Å². The fourth-order valence-corrected chi connectivity index (χ4v) is 3.32. The van der Waals surface area contributed by atoms with Gasteiger partial charge in [-0.1, -0.05) is 47.8 Å². The van der Waals surface area contributed by atoms with Gasteiger partial charge in [-0.15, -0.1) is 0 Å². The number of hydrogen-bond acceptors (Lipinski definition) is 2. The highest BCUT2D eigenvalue weighted by Crippen LogP contribution is 2.66. The molecule has 1 saturated carbocycles. The summed E-state index contributed by atoms with van der Waals surface area (Å²) in [5.74, 6) is -0.577. The monoisotopic (exact) mass is 452 g/mol. The van der Waals surface area contributed by atoms with Crippen LogP contribution in [0.4, 0.5) is 0 Å². The van der Waals surface area contributed by atoms with Crippen LogP contribution in [0.1, 0.15) is 23.7 Å². The number of benzene rings is 1. The highest BCUT2D eigenvalue weighted by molar-refractivity contribution is 9.25. The summed E-state index contributed by atoms with van der Waals surface area (Å²) in [5.41, 5.74) is 4.77. The highest BCUT2D eigenvalue weighted by Gasteiger charge is 2.66. The van der Waals surface area contributed by atoms with E-state index in [0.29, 0.717) is 12.0 Å². The van der Waals surface area contributed by atoms with Gasteiger partial charge < -0.3 is 0 Å². The van der Waals surface area contributed by atoms with Crippen molar-refractivity contribution in [2.75, 3.05) is 0 Å². The van der Waals surface area contributed by atoms with Gasteiger partial charge in [-0.25, -0.2) is 0 Å². The van der Waals surface area contributed by atoms with Gasteiger partial charge in [0, 0.05) is 10.0 Å². The molecule has 1 aliphatic carbocycles. The molecule has 0 bridgehead atoms. The topological polar surface area (TPSA) is 58.2 Å². The molecule has 4 nitrogen and oxygen atoms in total. The second-order valence-electron chi connectivity index (χ2n) is 4.63. The molecule has 0 aliphatic heterocycles. The molecule has 0 heterocycles. The zero-order chi connectivity index (χ0) is 14.3. The van der Waals surface area contributed by atoms with Crippen LogP contribution in [0.3, 0.4) is 0 Å². The lowest BCUT2D eigenvalue weighted by molar-refractivity contribution is -0.126. The Morgan fingerprint density at radius 1 is 1.16 bits per heavy atom. The normalized spacial score (nSPS) is 23.6. The van der Waals surface area contributed by atoms with Gasteiger partial charge in [-0.2, -0.15) is 0 Å². The molecule has 102 valence electrons. The molecular formula is C12H11Br3N2O2. The van der Waals surface area contributed by atoms with Gasteiger partial charge in [0.2, 0.25) is 5.91 Å². The summed E-state index contributed by atoms with van der Waals surface area (Å²) in [6.45, 7) is 1.82. The van der Waals surface area contributed by atoms with E-state index >= 15 is 0 Å². The minimum atomic E-state index is -0.556. The van der Waals surface area contributed by atoms with E-state index in [9.17, 15) is 9.59 Å². The number of amides is 2. The Kier molecular flexibility index (Phi) is 4.09. The molecule has 1 aromatic rings. The summed E-state index contributed by atoms with van der Waals surface area (Å²) in [5, 5.41) is 0. The van der Waals surface area contributed by atoms with E-state index < -0.39 is 5.41 Å². The minimum absolute atomic E-state index is 0.230. The molecule has 1 fully saturated rings. The standard InChI is InChI=1S/C12H11Br3N2O2/c1-11(6-12(11,14)15)10(19)17-16-9(18)7-2-4-8(13)5-3-7/h2-5H,6H2,1H3,(H,16,18)(H,17,19). The van der Waals surface area contributed by atoms with Gasteiger partial charge >= 0.3 is 0 Å². The summed E-state index contributed by atoms with van der Waals surface area (Å²) in [6.07, 6.45) is 0.667. The fraction of sp³-hybridized carbons (Fsp3) is 0.333. The summed E-state index contributed by atoms with van der Waals surface area (Å²) in [4.78, 5) is 23.7. The lowest BCUT2D eigenvalue weighted by Crippen LogP contribution is -2.45. The molecular weight excluding hydrogens is 444 g/mol. The quantitative estimate of drug-likeness (QED) is 0.533. The van der Waals surface area contributed by atoms with E-state index in [1.807, 2.05) is 6.92 Å². The van der Waals surface area contributed by atoms with Crippen LogP contribution in [0.2, 0.25) is 0 Å². The van der Waals surface area contributed by atoms with E-state index in [2.05, 4.69) is 58.6 Å². The molecule has 0 aromatic heterocycles. The third-order valence-electron chi connectivity index (χ3n) is 3.15. The molecule has 0 saturated heterocycles. The molecule has 1 unspecified atom stereocenters. The van der Waals surface area contributed by atoms with E-state index in [1.165, 1.54) is 0 Å². The molecule has 7 heteroatoms. The molecule has 0 spiro atoms. The molecule has 1 atom stereocenters. The van der Waals surface area contributed by atoms with E-state index in [1.54, 1.807) is 24.3 Å². The van der Waals surface area contributed by atoms with Crippen LogP contribution in [0.5, 0.6) is 0 Å². The van der Waals surface area contributed by atoms with Crippen molar-refractivity contribution in [2.24, 2.45) is 5.41 Å². The van der Waals surface area contributed by atoms with Crippen LogP contribution in [-0.4, -0.2) is 15.0 Å². The SMILES string of the molecule is CC1(C(=O)NNC(=O)c2ccc(Br)cc2)CC1(Br)Br. The largest absolute Gasteiger partial charge is 0.273 e. The maximum Gasteiger partial charge on any atom is 0.269 e. The Morgan fingerprint density at radius 3 is 2.16 bits per heavy atom. The number of carbonyl (C=O) groups excluding carboxylic acids is 2. The van der Waals surface area contributed by atoms with E-state index in [-0.39, 0.29) is 15.0 Å². The summed E-state index contributed by atoms with van der Waals surface area (Å²) < 4.78 is 0.515. The van der Waals surface area contributed by atoms with Gasteiger partial charge in [-0.3, -0.25) is 20.4 Å². The Bertz CT molecular complexity index is 530. The van der Waals surface area contributed by atoms with E-state index in [0.717, 1.165) is 4.47 Å². The molecule has 1 aromatic carbocycles. The van der Waals surface area contributed by atoms with Crippen molar-refractivity contribution < 1.29 is 9.59 Å². The van der Waals surface area contributed by atoms with Crippen LogP contribution in [0.25, 0.3) is 0 Å². The number of rotatable bonds is 2. The average Bonchev–Trinajstić information content (AvgIpc) is 2.87. The number of halogens is 3. The fourth-order valence-electron chi connectivity index (χ4n) is 1.57. The zero-order valence-electron chi connectivity index (χ0n) is 9.97. The number of nitrogens with one attached hydrogen (secondary N) is 2. The maximum absolute atomic E-state index is 11.9. The van der Waals surface area contributed by atoms with Gasteiger partial charge in [-0.05, 0) is 37.6 Å². The van der Waals surface area contributed by atoms with Crippen LogP contribution < -0.4 is 10.9 Å². The van der Waals surface area contributed by atoms with Gasteiger partial charge in [0.25, 0.3) is 5.91 Å². The summed E-state index contributed by atoms with van der Waals surface area (Å²) in [7, 11) is 0. The molecule has 0 radical (unpaired) electrons. The Morgan fingerprint density at radius 2 is 1.68 bits per heavy atom. The first-order chi connectivity index (χ1) is 8.76. The van der Waals surface area contributed by atoms with Crippen LogP contribution >= 0.6 is 47.8 Å². The highest BCUT2D eigenvalue weighted by atomic mass is 79.9. The Hall–Kier alpha value is -0.400. The van der Waals surface area contributed by atoms with E-state index in [4.69, 9.17) is 0 Å². The van der Waals surface area contributed by atoms with Crippen molar-refractivity contribution in [1.82, 2.24) is 10.9 Å².